The Morgan fingerprint density at radius 1 is 1.44 bits per heavy atom. The molecule has 1 aromatic rings. The first kappa shape index (κ1) is 14.4. The van der Waals surface area contributed by atoms with E-state index in [0.29, 0.717) is 5.92 Å². The second kappa shape index (κ2) is 6.42. The molecule has 4 heteroatoms. The minimum Gasteiger partial charge on any atom is -0.268 e. The fraction of sp³-hybridized carbons (Fsp3) is 0.786. The highest BCUT2D eigenvalue weighted by Crippen LogP contribution is 2.35. The fourth-order valence-corrected chi connectivity index (χ4v) is 3.90. The van der Waals surface area contributed by atoms with Gasteiger partial charge in [0.25, 0.3) is 0 Å². The van der Waals surface area contributed by atoms with Crippen LogP contribution in [-0.2, 0) is 13.0 Å². The monoisotopic (exact) mass is 332 g/mol. The van der Waals surface area contributed by atoms with Crippen molar-refractivity contribution in [2.24, 2.45) is 11.8 Å². The van der Waals surface area contributed by atoms with E-state index in [0.717, 1.165) is 30.5 Å². The lowest BCUT2D eigenvalue weighted by Gasteiger charge is -2.21. The Bertz CT molecular complexity index is 397. The molecule has 1 aliphatic rings. The van der Waals surface area contributed by atoms with Crippen molar-refractivity contribution in [2.45, 2.75) is 52.5 Å². The maximum atomic E-state index is 6.21. The van der Waals surface area contributed by atoms with E-state index in [9.17, 15) is 0 Å². The molecule has 0 radical (unpaired) electrons. The van der Waals surface area contributed by atoms with Crippen LogP contribution in [0, 0.1) is 18.8 Å². The van der Waals surface area contributed by atoms with Crippen LogP contribution in [0.15, 0.2) is 4.47 Å². The minimum absolute atomic E-state index is 0.604. The molecule has 1 heterocycles. The van der Waals surface area contributed by atoms with Gasteiger partial charge in [0.05, 0.1) is 15.9 Å². The van der Waals surface area contributed by atoms with Crippen molar-refractivity contribution < 1.29 is 0 Å². The average Bonchev–Trinajstić information content (AvgIpc) is 2.98. The van der Waals surface area contributed by atoms with Crippen LogP contribution in [0.2, 0.25) is 0 Å². The molecule has 0 amide bonds. The largest absolute Gasteiger partial charge is 0.268 e. The number of nitrogens with zero attached hydrogens (tertiary/aromatic N) is 2. The number of aromatic nitrogens is 2. The lowest BCUT2D eigenvalue weighted by Crippen LogP contribution is -2.18. The van der Waals surface area contributed by atoms with Crippen LogP contribution in [0.1, 0.15) is 44.0 Å². The van der Waals surface area contributed by atoms with Crippen molar-refractivity contribution in [1.82, 2.24) is 9.78 Å². The Morgan fingerprint density at radius 3 is 2.67 bits per heavy atom. The summed E-state index contributed by atoms with van der Waals surface area (Å²) in [5, 5.41) is 4.57. The molecule has 2 rings (SSSR count). The third-order valence-electron chi connectivity index (χ3n) is 4.17. The van der Waals surface area contributed by atoms with E-state index in [1.165, 1.54) is 35.8 Å². The number of alkyl halides is 1. The quantitative estimate of drug-likeness (QED) is 0.722. The normalized spacial score (nSPS) is 18.4. The molecule has 1 atom stereocenters. The standard InChI is InChI=1S/C14H22BrClN2/c1-3-18-13(14(15)10(2)17-18)8-12(9-16)11-6-4-5-7-11/h11-12H,3-9H2,1-2H3. The van der Waals surface area contributed by atoms with Crippen LogP contribution in [0.25, 0.3) is 0 Å². The Kier molecular flexibility index (Phi) is 5.14. The minimum atomic E-state index is 0.604. The van der Waals surface area contributed by atoms with Crippen LogP contribution >= 0.6 is 27.5 Å². The molecule has 1 aliphatic carbocycles. The molecule has 0 aromatic carbocycles. The number of hydrogen-bond donors (Lipinski definition) is 0. The summed E-state index contributed by atoms with van der Waals surface area (Å²) in [5.41, 5.74) is 2.42. The van der Waals surface area contributed by atoms with E-state index >= 15 is 0 Å². The van der Waals surface area contributed by atoms with Crippen molar-refractivity contribution >= 4 is 27.5 Å². The van der Waals surface area contributed by atoms with E-state index in [1.807, 2.05) is 0 Å². The second-order valence-electron chi connectivity index (χ2n) is 5.32. The van der Waals surface area contributed by atoms with Gasteiger partial charge < -0.3 is 0 Å². The first-order valence-electron chi connectivity index (χ1n) is 6.95. The summed E-state index contributed by atoms with van der Waals surface area (Å²) in [4.78, 5) is 0. The average molecular weight is 334 g/mol. The topological polar surface area (TPSA) is 17.8 Å². The molecule has 0 saturated heterocycles. The maximum Gasteiger partial charge on any atom is 0.0738 e. The van der Waals surface area contributed by atoms with Gasteiger partial charge in [-0.15, -0.1) is 11.6 Å². The smallest absolute Gasteiger partial charge is 0.0738 e. The third kappa shape index (κ3) is 2.93. The summed E-state index contributed by atoms with van der Waals surface area (Å²) in [6.07, 6.45) is 6.53. The molecule has 2 nitrogen and oxygen atoms in total. The van der Waals surface area contributed by atoms with E-state index in [2.05, 4.69) is 39.6 Å². The first-order chi connectivity index (χ1) is 8.67. The summed E-state index contributed by atoms with van der Waals surface area (Å²) < 4.78 is 3.30. The number of rotatable bonds is 5. The lowest BCUT2D eigenvalue weighted by atomic mass is 9.88. The molecular formula is C14H22BrClN2. The lowest BCUT2D eigenvalue weighted by molar-refractivity contribution is 0.360. The van der Waals surface area contributed by atoms with Gasteiger partial charge in [0.1, 0.15) is 0 Å². The van der Waals surface area contributed by atoms with Crippen LogP contribution in [0.5, 0.6) is 0 Å². The predicted octanol–water partition coefficient (Wildman–Crippen LogP) is 4.56. The highest BCUT2D eigenvalue weighted by Gasteiger charge is 2.26. The summed E-state index contributed by atoms with van der Waals surface area (Å²) in [6, 6.07) is 0. The predicted molar refractivity (Wildman–Crippen MR) is 80.2 cm³/mol. The Morgan fingerprint density at radius 2 is 2.11 bits per heavy atom. The zero-order chi connectivity index (χ0) is 13.1. The molecule has 1 unspecified atom stereocenters. The van der Waals surface area contributed by atoms with Gasteiger partial charge in [-0.1, -0.05) is 25.7 Å². The summed E-state index contributed by atoms with van der Waals surface area (Å²) in [6.45, 7) is 5.14. The number of aryl methyl sites for hydroxylation is 2. The SMILES string of the molecule is CCn1nc(C)c(Br)c1CC(CCl)C1CCCC1. The van der Waals surface area contributed by atoms with Gasteiger partial charge in [0, 0.05) is 12.4 Å². The van der Waals surface area contributed by atoms with Crippen LogP contribution in [-0.4, -0.2) is 15.7 Å². The van der Waals surface area contributed by atoms with Crippen molar-refractivity contribution in [3.05, 3.63) is 15.9 Å². The van der Waals surface area contributed by atoms with Crippen LogP contribution in [0.4, 0.5) is 0 Å². The molecule has 102 valence electrons. The molecule has 1 saturated carbocycles. The van der Waals surface area contributed by atoms with Crippen LogP contribution < -0.4 is 0 Å². The molecule has 1 fully saturated rings. The van der Waals surface area contributed by atoms with Gasteiger partial charge in [-0.05, 0) is 48.0 Å². The number of halogens is 2. The van der Waals surface area contributed by atoms with Gasteiger partial charge in [-0.3, -0.25) is 4.68 Å². The van der Waals surface area contributed by atoms with Crippen molar-refractivity contribution in [1.29, 1.82) is 0 Å². The zero-order valence-electron chi connectivity index (χ0n) is 11.3. The summed E-state index contributed by atoms with van der Waals surface area (Å²) >= 11 is 9.89. The molecule has 0 bridgehead atoms. The van der Waals surface area contributed by atoms with Crippen LogP contribution in [0.3, 0.4) is 0 Å². The summed E-state index contributed by atoms with van der Waals surface area (Å²) in [5.74, 6) is 2.19. The van der Waals surface area contributed by atoms with E-state index < -0.39 is 0 Å². The molecule has 0 aliphatic heterocycles. The second-order valence-corrected chi connectivity index (χ2v) is 6.43. The highest BCUT2D eigenvalue weighted by molar-refractivity contribution is 9.10. The van der Waals surface area contributed by atoms with Crippen molar-refractivity contribution in [3.63, 3.8) is 0 Å². The van der Waals surface area contributed by atoms with Gasteiger partial charge >= 0.3 is 0 Å². The van der Waals surface area contributed by atoms with Gasteiger partial charge in [-0.2, -0.15) is 5.10 Å². The Labute approximate surface area is 123 Å². The zero-order valence-corrected chi connectivity index (χ0v) is 13.6. The fourth-order valence-electron chi connectivity index (χ4n) is 3.09. The van der Waals surface area contributed by atoms with Crippen molar-refractivity contribution in [3.8, 4) is 0 Å². The van der Waals surface area contributed by atoms with E-state index in [1.54, 1.807) is 0 Å². The Hall–Kier alpha value is -0.0200. The third-order valence-corrected chi connectivity index (χ3v) is 5.60. The summed E-state index contributed by atoms with van der Waals surface area (Å²) in [7, 11) is 0. The van der Waals surface area contributed by atoms with Gasteiger partial charge in [0.15, 0.2) is 0 Å². The van der Waals surface area contributed by atoms with E-state index in [-0.39, 0.29) is 0 Å². The van der Waals surface area contributed by atoms with Crippen molar-refractivity contribution in [2.75, 3.05) is 5.88 Å². The highest BCUT2D eigenvalue weighted by atomic mass is 79.9. The molecular weight excluding hydrogens is 312 g/mol. The Balaban J connectivity index is 2.15. The molecule has 0 spiro atoms. The molecule has 0 N–H and O–H groups in total. The van der Waals surface area contributed by atoms with Gasteiger partial charge in [-0.25, -0.2) is 0 Å². The molecule has 18 heavy (non-hydrogen) atoms. The molecule has 1 aromatic heterocycles. The van der Waals surface area contributed by atoms with E-state index in [4.69, 9.17) is 11.6 Å². The number of hydrogen-bond acceptors (Lipinski definition) is 1. The first-order valence-corrected chi connectivity index (χ1v) is 8.27. The van der Waals surface area contributed by atoms with Gasteiger partial charge in [0.2, 0.25) is 0 Å². The maximum absolute atomic E-state index is 6.21.